The Kier molecular flexibility index (Phi) is 8.11. The van der Waals surface area contributed by atoms with E-state index >= 15 is 0 Å². The van der Waals surface area contributed by atoms with Crippen LogP contribution < -0.4 is 31.2 Å². The molecule has 1 fully saturated rings. The van der Waals surface area contributed by atoms with Crippen molar-refractivity contribution in [2.24, 2.45) is 5.73 Å². The van der Waals surface area contributed by atoms with Crippen LogP contribution in [0.4, 0.5) is 11.4 Å². The highest BCUT2D eigenvalue weighted by Gasteiger charge is 2.38. The lowest BCUT2D eigenvalue weighted by atomic mass is 9.94. The molecule has 41 heavy (non-hydrogen) atoms. The van der Waals surface area contributed by atoms with Crippen LogP contribution in [-0.2, 0) is 4.79 Å². The van der Waals surface area contributed by atoms with E-state index < -0.39 is 17.9 Å². The first kappa shape index (κ1) is 28.0. The Balaban J connectivity index is 1.71. The summed E-state index contributed by atoms with van der Waals surface area (Å²) in [5.41, 5.74) is 13.1. The Labute approximate surface area is 241 Å². The zero-order valence-electron chi connectivity index (χ0n) is 22.8. The summed E-state index contributed by atoms with van der Waals surface area (Å²) in [6.45, 7) is 0. The van der Waals surface area contributed by atoms with Gasteiger partial charge in [0.1, 0.15) is 10.9 Å². The largest absolute Gasteiger partial charge is 0.493 e. The number of aromatic nitrogens is 2. The van der Waals surface area contributed by atoms with Crippen molar-refractivity contribution in [3.05, 3.63) is 64.8 Å². The van der Waals surface area contributed by atoms with E-state index in [1.54, 1.807) is 24.4 Å². The predicted molar refractivity (Wildman–Crippen MR) is 157 cm³/mol. The van der Waals surface area contributed by atoms with Gasteiger partial charge >= 0.3 is 0 Å². The molecule has 0 saturated heterocycles. The highest BCUT2D eigenvalue weighted by atomic mass is 32.1. The van der Waals surface area contributed by atoms with E-state index in [-0.39, 0.29) is 28.2 Å². The number of fused-ring (bicyclic) bond motifs is 1. The molecule has 1 saturated carbocycles. The number of primary amides is 1. The standard InChI is InChI=1S/C29H32N6O5S/c1-39-21-13-12-17(14-22(21)40-2)35(29(38)26-23(30)24(27(31)36)34-41-26)25(28(37)33-16-8-4-3-5-9-16)19-15-32-20-11-7-6-10-18(19)20/h6-7,10-16,25,32H,3-5,8-9,30H2,1-2H3,(H2,31,36)(H,33,37)/t25-/m1/s1. The fourth-order valence-electron chi connectivity index (χ4n) is 5.34. The van der Waals surface area contributed by atoms with Crippen molar-refractivity contribution >= 4 is 51.5 Å². The number of nitrogens with one attached hydrogen (secondary N) is 2. The number of hydrogen-bond donors (Lipinski definition) is 4. The number of H-pyrrole nitrogens is 1. The van der Waals surface area contributed by atoms with Crippen molar-refractivity contribution in [2.45, 2.75) is 44.2 Å². The van der Waals surface area contributed by atoms with Crippen LogP contribution in [0.2, 0.25) is 0 Å². The zero-order valence-corrected chi connectivity index (χ0v) is 23.6. The number of carbonyl (C=O) groups excluding carboxylic acids is 3. The summed E-state index contributed by atoms with van der Waals surface area (Å²) in [4.78, 5) is 45.2. The third kappa shape index (κ3) is 5.42. The highest BCUT2D eigenvalue weighted by Crippen LogP contribution is 2.39. The molecule has 2 aromatic carbocycles. The molecule has 5 rings (SSSR count). The van der Waals surface area contributed by atoms with Gasteiger partial charge in [0.05, 0.1) is 19.9 Å². The third-order valence-corrected chi connectivity index (χ3v) is 8.24. The molecule has 0 spiro atoms. The average molecular weight is 577 g/mol. The Hall–Kier alpha value is -4.58. The van der Waals surface area contributed by atoms with Crippen LogP contribution in [-0.4, -0.2) is 47.3 Å². The van der Waals surface area contributed by atoms with Gasteiger partial charge in [-0.15, -0.1) is 0 Å². The Morgan fingerprint density at radius 1 is 1.07 bits per heavy atom. The molecular weight excluding hydrogens is 544 g/mol. The molecule has 12 heteroatoms. The average Bonchev–Trinajstić information content (AvgIpc) is 3.59. The number of nitrogen functional groups attached to an aromatic ring is 1. The van der Waals surface area contributed by atoms with Gasteiger partial charge in [-0.1, -0.05) is 37.5 Å². The lowest BCUT2D eigenvalue weighted by Crippen LogP contribution is -2.47. The Bertz CT molecular complexity index is 1590. The molecule has 0 bridgehead atoms. The molecule has 0 radical (unpaired) electrons. The first-order valence-corrected chi connectivity index (χ1v) is 14.1. The second-order valence-electron chi connectivity index (χ2n) is 9.89. The minimum Gasteiger partial charge on any atom is -0.493 e. The maximum Gasteiger partial charge on any atom is 0.273 e. The number of carbonyl (C=O) groups is 3. The number of anilines is 2. The van der Waals surface area contributed by atoms with Crippen LogP contribution >= 0.6 is 11.5 Å². The van der Waals surface area contributed by atoms with Crippen LogP contribution in [0.5, 0.6) is 11.5 Å². The minimum atomic E-state index is -1.11. The van der Waals surface area contributed by atoms with Gasteiger partial charge in [-0.3, -0.25) is 19.3 Å². The topological polar surface area (TPSA) is 166 Å². The van der Waals surface area contributed by atoms with E-state index in [0.717, 1.165) is 54.5 Å². The molecular formula is C29H32N6O5S. The number of amides is 3. The molecule has 4 aromatic rings. The first-order valence-electron chi connectivity index (χ1n) is 13.3. The van der Waals surface area contributed by atoms with E-state index in [1.165, 1.54) is 19.1 Å². The lowest BCUT2D eigenvalue weighted by molar-refractivity contribution is -0.123. The van der Waals surface area contributed by atoms with Gasteiger partial charge in [0.15, 0.2) is 17.2 Å². The predicted octanol–water partition coefficient (Wildman–Crippen LogP) is 4.16. The van der Waals surface area contributed by atoms with E-state index in [1.807, 2.05) is 24.3 Å². The number of hydrogen-bond acceptors (Lipinski definition) is 8. The molecule has 3 amide bonds. The van der Waals surface area contributed by atoms with E-state index in [2.05, 4.69) is 14.7 Å². The van der Waals surface area contributed by atoms with Gasteiger partial charge in [-0.05, 0) is 42.6 Å². The molecule has 2 heterocycles. The molecule has 214 valence electrons. The van der Waals surface area contributed by atoms with Gasteiger partial charge < -0.3 is 31.2 Å². The maximum absolute atomic E-state index is 14.4. The van der Waals surface area contributed by atoms with Crippen LogP contribution in [0.15, 0.2) is 48.7 Å². The second kappa shape index (κ2) is 11.9. The number of methoxy groups -OCH3 is 2. The van der Waals surface area contributed by atoms with Crippen molar-refractivity contribution in [2.75, 3.05) is 24.9 Å². The van der Waals surface area contributed by atoms with Gasteiger partial charge in [-0.25, -0.2) is 0 Å². The Morgan fingerprint density at radius 2 is 1.80 bits per heavy atom. The number of aromatic amines is 1. The van der Waals surface area contributed by atoms with Gasteiger partial charge in [0.25, 0.3) is 11.8 Å². The molecule has 1 aliphatic carbocycles. The summed E-state index contributed by atoms with van der Waals surface area (Å²) in [7, 11) is 3.00. The van der Waals surface area contributed by atoms with E-state index in [9.17, 15) is 14.4 Å². The first-order chi connectivity index (χ1) is 19.8. The summed E-state index contributed by atoms with van der Waals surface area (Å²) >= 11 is 0.756. The van der Waals surface area contributed by atoms with Crippen LogP contribution in [0.25, 0.3) is 10.9 Å². The van der Waals surface area contributed by atoms with Crippen molar-refractivity contribution in [1.82, 2.24) is 14.7 Å². The second-order valence-corrected chi connectivity index (χ2v) is 10.7. The number of ether oxygens (including phenoxy) is 2. The maximum atomic E-state index is 14.4. The smallest absolute Gasteiger partial charge is 0.273 e. The van der Waals surface area contributed by atoms with Crippen LogP contribution in [0.1, 0.15) is 63.9 Å². The molecule has 6 N–H and O–H groups in total. The van der Waals surface area contributed by atoms with Crippen molar-refractivity contribution in [3.63, 3.8) is 0 Å². The fourth-order valence-corrected chi connectivity index (χ4v) is 6.08. The monoisotopic (exact) mass is 576 g/mol. The molecule has 0 aliphatic heterocycles. The van der Waals surface area contributed by atoms with Crippen molar-refractivity contribution in [1.29, 1.82) is 0 Å². The number of para-hydroxylation sites is 1. The molecule has 1 atom stereocenters. The van der Waals surface area contributed by atoms with E-state index in [4.69, 9.17) is 20.9 Å². The number of rotatable bonds is 9. The van der Waals surface area contributed by atoms with Crippen LogP contribution in [0, 0.1) is 0 Å². The highest BCUT2D eigenvalue weighted by molar-refractivity contribution is 7.09. The third-order valence-electron chi connectivity index (χ3n) is 7.39. The molecule has 0 unspecified atom stereocenters. The summed E-state index contributed by atoms with van der Waals surface area (Å²) in [5.74, 6) is -0.994. The van der Waals surface area contributed by atoms with Gasteiger partial charge in [0.2, 0.25) is 5.91 Å². The summed E-state index contributed by atoms with van der Waals surface area (Å²) in [6, 6.07) is 11.4. The number of benzene rings is 2. The normalized spacial score (nSPS) is 14.4. The summed E-state index contributed by atoms with van der Waals surface area (Å²) in [6.07, 6.45) is 6.63. The molecule has 1 aliphatic rings. The van der Waals surface area contributed by atoms with E-state index in [0.29, 0.717) is 22.7 Å². The minimum absolute atomic E-state index is 0.0103. The molecule has 11 nitrogen and oxygen atoms in total. The lowest BCUT2D eigenvalue weighted by Gasteiger charge is -2.33. The van der Waals surface area contributed by atoms with Gasteiger partial charge in [-0.2, -0.15) is 4.37 Å². The quantitative estimate of drug-likeness (QED) is 0.232. The summed E-state index contributed by atoms with van der Waals surface area (Å²) < 4.78 is 15.0. The number of nitrogens with zero attached hydrogens (tertiary/aromatic N) is 2. The van der Waals surface area contributed by atoms with Crippen molar-refractivity contribution < 1.29 is 23.9 Å². The van der Waals surface area contributed by atoms with Gasteiger partial charge in [0, 0.05) is 40.5 Å². The number of nitrogens with two attached hydrogens (primary N) is 2. The van der Waals surface area contributed by atoms with Crippen molar-refractivity contribution in [3.8, 4) is 11.5 Å². The zero-order chi connectivity index (χ0) is 29.1. The van der Waals surface area contributed by atoms with Crippen LogP contribution in [0.3, 0.4) is 0 Å². The molecule has 2 aromatic heterocycles. The fraction of sp³-hybridized carbons (Fsp3) is 0.310. The Morgan fingerprint density at radius 3 is 2.49 bits per heavy atom. The SMILES string of the molecule is COc1ccc(N(C(=O)c2snc(C(N)=O)c2N)[C@@H](C(=O)NC2CCCCC2)c2c[nH]c3ccccc23)cc1OC. The summed E-state index contributed by atoms with van der Waals surface area (Å²) in [5, 5.41) is 3.98.